The van der Waals surface area contributed by atoms with E-state index in [1.165, 1.54) is 0 Å². The maximum Gasteiger partial charge on any atom is 0.238 e. The van der Waals surface area contributed by atoms with Gasteiger partial charge < -0.3 is 10.5 Å². The Morgan fingerprint density at radius 2 is 1.77 bits per heavy atom. The molecule has 0 aliphatic heterocycles. The molecular weight excluding hydrogens is 300 g/mol. The number of hydrogen-bond acceptors (Lipinski definition) is 4. The lowest BCUT2D eigenvalue weighted by Crippen LogP contribution is -2.19. The van der Waals surface area contributed by atoms with Crippen LogP contribution >= 0.6 is 0 Å². The largest absolute Gasteiger partial charge is 0.497 e. The molecule has 0 radical (unpaired) electrons. The van der Waals surface area contributed by atoms with Crippen LogP contribution < -0.4 is 15.6 Å². The molecule has 4 N–H and O–H groups in total. The Bertz CT molecular complexity index is 753. The van der Waals surface area contributed by atoms with Crippen LogP contribution in [0.4, 0.5) is 0 Å². The summed E-state index contributed by atoms with van der Waals surface area (Å²) >= 11 is 0. The van der Waals surface area contributed by atoms with E-state index in [-0.39, 0.29) is 10.9 Å². The number of primary sulfonamides is 1. The fourth-order valence-corrected chi connectivity index (χ4v) is 3.12. The molecule has 0 unspecified atom stereocenters. The fourth-order valence-electron chi connectivity index (χ4n) is 2.31. The van der Waals surface area contributed by atoms with Crippen molar-refractivity contribution in [3.8, 4) is 16.9 Å². The van der Waals surface area contributed by atoms with Gasteiger partial charge in [0.1, 0.15) is 5.75 Å². The molecule has 0 saturated heterocycles. The first-order valence-electron chi connectivity index (χ1n) is 6.87. The predicted molar refractivity (Wildman–Crippen MR) is 87.2 cm³/mol. The van der Waals surface area contributed by atoms with Crippen molar-refractivity contribution in [1.82, 2.24) is 0 Å². The van der Waals surface area contributed by atoms with E-state index in [1.807, 2.05) is 13.0 Å². The van der Waals surface area contributed by atoms with Gasteiger partial charge in [-0.15, -0.1) is 0 Å². The number of rotatable bonds is 5. The fraction of sp³-hybridized carbons (Fsp3) is 0.250. The molecule has 0 bridgehead atoms. The van der Waals surface area contributed by atoms with Crippen molar-refractivity contribution in [3.05, 3.63) is 48.0 Å². The van der Waals surface area contributed by atoms with Gasteiger partial charge in [0.25, 0.3) is 0 Å². The molecule has 1 atom stereocenters. The Morgan fingerprint density at radius 3 is 2.27 bits per heavy atom. The summed E-state index contributed by atoms with van der Waals surface area (Å²) in [5.41, 5.74) is 7.94. The van der Waals surface area contributed by atoms with Crippen molar-refractivity contribution >= 4 is 10.0 Å². The molecule has 22 heavy (non-hydrogen) atoms. The van der Waals surface area contributed by atoms with Gasteiger partial charge in [0.05, 0.1) is 12.0 Å². The minimum absolute atomic E-state index is 0.0554. The van der Waals surface area contributed by atoms with Gasteiger partial charge in [0, 0.05) is 11.6 Å². The van der Waals surface area contributed by atoms with Crippen LogP contribution in [0.1, 0.15) is 12.5 Å². The van der Waals surface area contributed by atoms with Crippen LogP contribution in [0.25, 0.3) is 11.1 Å². The van der Waals surface area contributed by atoms with Crippen LogP contribution in [0, 0.1) is 0 Å². The molecule has 0 fully saturated rings. The molecular formula is C16H20N2O3S. The average Bonchev–Trinajstić information content (AvgIpc) is 2.46. The van der Waals surface area contributed by atoms with Gasteiger partial charge in [-0.3, -0.25) is 0 Å². The molecule has 0 heterocycles. The van der Waals surface area contributed by atoms with E-state index in [0.717, 1.165) is 11.1 Å². The zero-order chi connectivity index (χ0) is 16.3. The highest BCUT2D eigenvalue weighted by atomic mass is 32.2. The Kier molecular flexibility index (Phi) is 4.85. The number of sulfonamides is 1. The first-order chi connectivity index (χ1) is 10.3. The summed E-state index contributed by atoms with van der Waals surface area (Å²) < 4.78 is 28.9. The maximum atomic E-state index is 11.9. The van der Waals surface area contributed by atoms with Gasteiger partial charge in [0.2, 0.25) is 10.0 Å². The molecule has 0 spiro atoms. The van der Waals surface area contributed by atoms with Gasteiger partial charge in [-0.2, -0.15) is 0 Å². The van der Waals surface area contributed by atoms with E-state index in [1.54, 1.807) is 43.5 Å². The van der Waals surface area contributed by atoms with Crippen LogP contribution in [0.15, 0.2) is 47.4 Å². The molecule has 2 rings (SSSR count). The summed E-state index contributed by atoms with van der Waals surface area (Å²) in [6.07, 6.45) is 0.589. The minimum Gasteiger partial charge on any atom is -0.497 e. The second-order valence-corrected chi connectivity index (χ2v) is 6.82. The standard InChI is InChI=1S/C16H20N2O3S/c1-11(17)9-12-3-8-15(16(10-12)22(18,19)20)13-4-6-14(21-2)7-5-13/h3-8,10-11H,9,17H2,1-2H3,(H2,18,19,20)/t11-/m1/s1. The van der Waals surface area contributed by atoms with Crippen LogP contribution in [0.5, 0.6) is 5.75 Å². The molecule has 0 aromatic heterocycles. The third-order valence-corrected chi connectivity index (χ3v) is 4.26. The molecule has 0 aliphatic rings. The second-order valence-electron chi connectivity index (χ2n) is 5.29. The summed E-state index contributed by atoms with van der Waals surface area (Å²) in [4.78, 5) is 0.107. The van der Waals surface area contributed by atoms with Crippen LogP contribution in [-0.2, 0) is 16.4 Å². The van der Waals surface area contributed by atoms with Crippen molar-refractivity contribution in [1.29, 1.82) is 0 Å². The van der Waals surface area contributed by atoms with E-state index >= 15 is 0 Å². The Morgan fingerprint density at radius 1 is 1.14 bits per heavy atom. The number of hydrogen-bond donors (Lipinski definition) is 2. The molecule has 6 heteroatoms. The van der Waals surface area contributed by atoms with E-state index in [2.05, 4.69) is 0 Å². The van der Waals surface area contributed by atoms with Gasteiger partial charge >= 0.3 is 0 Å². The second kappa shape index (κ2) is 6.48. The minimum atomic E-state index is -3.83. The molecule has 2 aromatic rings. The predicted octanol–water partition coefficient (Wildman–Crippen LogP) is 1.90. The Hall–Kier alpha value is -1.89. The number of nitrogens with two attached hydrogens (primary N) is 2. The topological polar surface area (TPSA) is 95.4 Å². The van der Waals surface area contributed by atoms with Gasteiger partial charge in [-0.05, 0) is 42.7 Å². The first-order valence-corrected chi connectivity index (χ1v) is 8.41. The highest BCUT2D eigenvalue weighted by Crippen LogP contribution is 2.29. The van der Waals surface area contributed by atoms with Gasteiger partial charge in [0.15, 0.2) is 0 Å². The quantitative estimate of drug-likeness (QED) is 0.879. The summed E-state index contributed by atoms with van der Waals surface area (Å²) in [5.74, 6) is 0.703. The lowest BCUT2D eigenvalue weighted by Gasteiger charge is -2.12. The van der Waals surface area contributed by atoms with Gasteiger partial charge in [-0.25, -0.2) is 13.6 Å². The normalized spacial score (nSPS) is 12.9. The highest BCUT2D eigenvalue weighted by molar-refractivity contribution is 7.89. The average molecular weight is 320 g/mol. The van der Waals surface area contributed by atoms with Crippen LogP contribution in [-0.4, -0.2) is 21.6 Å². The third-order valence-electron chi connectivity index (χ3n) is 3.31. The van der Waals surface area contributed by atoms with Gasteiger partial charge in [-0.1, -0.05) is 24.3 Å². The highest BCUT2D eigenvalue weighted by Gasteiger charge is 2.16. The zero-order valence-corrected chi connectivity index (χ0v) is 13.4. The maximum absolute atomic E-state index is 11.9. The first kappa shape index (κ1) is 16.5. The van der Waals surface area contributed by atoms with E-state index in [4.69, 9.17) is 15.6 Å². The summed E-state index contributed by atoms with van der Waals surface area (Å²) in [6.45, 7) is 1.87. The lowest BCUT2D eigenvalue weighted by atomic mass is 10.0. The van der Waals surface area contributed by atoms with E-state index in [9.17, 15) is 8.42 Å². The van der Waals surface area contributed by atoms with Crippen LogP contribution in [0.3, 0.4) is 0 Å². The van der Waals surface area contributed by atoms with E-state index < -0.39 is 10.0 Å². The zero-order valence-electron chi connectivity index (χ0n) is 12.6. The number of methoxy groups -OCH3 is 1. The van der Waals surface area contributed by atoms with Crippen molar-refractivity contribution in [2.24, 2.45) is 10.9 Å². The smallest absolute Gasteiger partial charge is 0.238 e. The van der Waals surface area contributed by atoms with E-state index in [0.29, 0.717) is 17.7 Å². The molecule has 5 nitrogen and oxygen atoms in total. The summed E-state index contributed by atoms with van der Waals surface area (Å²) in [6, 6.07) is 12.3. The Balaban J connectivity index is 2.54. The monoisotopic (exact) mass is 320 g/mol. The molecule has 2 aromatic carbocycles. The number of benzene rings is 2. The van der Waals surface area contributed by atoms with Crippen molar-refractivity contribution < 1.29 is 13.2 Å². The van der Waals surface area contributed by atoms with Crippen molar-refractivity contribution in [3.63, 3.8) is 0 Å². The third kappa shape index (κ3) is 3.85. The Labute approximate surface area is 131 Å². The molecule has 0 saturated carbocycles. The number of ether oxygens (including phenoxy) is 1. The SMILES string of the molecule is COc1ccc(-c2ccc(C[C@@H](C)N)cc2S(N)(=O)=O)cc1. The summed E-state index contributed by atoms with van der Waals surface area (Å²) in [7, 11) is -2.25. The van der Waals surface area contributed by atoms with Crippen LogP contribution in [0.2, 0.25) is 0 Å². The summed E-state index contributed by atoms with van der Waals surface area (Å²) in [5, 5.41) is 5.37. The molecule has 0 aliphatic carbocycles. The van der Waals surface area contributed by atoms with Crippen molar-refractivity contribution in [2.75, 3.05) is 7.11 Å². The lowest BCUT2D eigenvalue weighted by molar-refractivity contribution is 0.415. The molecule has 0 amide bonds. The van der Waals surface area contributed by atoms with Crippen molar-refractivity contribution in [2.45, 2.75) is 24.3 Å². The molecule has 118 valence electrons.